The first kappa shape index (κ1) is 28.5. The molecule has 184 valence electrons. The molecule has 1 unspecified atom stereocenters. The van der Waals surface area contributed by atoms with Crippen LogP contribution < -0.4 is 10.6 Å². The molecule has 2 heterocycles. The lowest BCUT2D eigenvalue weighted by molar-refractivity contribution is 0.0493. The van der Waals surface area contributed by atoms with Crippen LogP contribution in [-0.2, 0) is 11.3 Å². The van der Waals surface area contributed by atoms with Crippen molar-refractivity contribution in [2.24, 2.45) is 10.9 Å². The molecule has 32 heavy (non-hydrogen) atoms. The third-order valence-electron chi connectivity index (χ3n) is 5.01. The van der Waals surface area contributed by atoms with Crippen LogP contribution in [0.25, 0.3) is 0 Å². The third kappa shape index (κ3) is 9.93. The van der Waals surface area contributed by atoms with Gasteiger partial charge in [-0.15, -0.1) is 24.0 Å². The molecule has 0 bridgehead atoms. The van der Waals surface area contributed by atoms with E-state index in [1.807, 2.05) is 33.8 Å². The van der Waals surface area contributed by atoms with Gasteiger partial charge in [0.15, 0.2) is 5.96 Å². The van der Waals surface area contributed by atoms with Crippen LogP contribution in [0.2, 0.25) is 0 Å². The molecule has 1 amide bonds. The summed E-state index contributed by atoms with van der Waals surface area (Å²) in [5.74, 6) is 1.97. The first-order valence-electron chi connectivity index (χ1n) is 11.2. The monoisotopic (exact) mass is 564 g/mol. The number of rotatable bonds is 7. The van der Waals surface area contributed by atoms with E-state index in [1.54, 1.807) is 0 Å². The van der Waals surface area contributed by atoms with E-state index >= 15 is 0 Å². The van der Waals surface area contributed by atoms with Gasteiger partial charge >= 0.3 is 6.09 Å². The number of hydrogen-bond acceptors (Lipinski definition) is 6. The second kappa shape index (κ2) is 13.2. The molecule has 1 aromatic heterocycles. The first-order valence-corrected chi connectivity index (χ1v) is 11.2. The summed E-state index contributed by atoms with van der Waals surface area (Å²) in [6.45, 7) is 19.4. The van der Waals surface area contributed by atoms with Crippen molar-refractivity contribution in [2.45, 2.75) is 66.7 Å². The highest BCUT2D eigenvalue weighted by atomic mass is 127. The molecular weight excluding hydrogens is 523 g/mol. The molecule has 9 nitrogen and oxygen atoms in total. The fourth-order valence-corrected chi connectivity index (χ4v) is 3.33. The lowest BCUT2D eigenvalue weighted by Gasteiger charge is -2.36. The van der Waals surface area contributed by atoms with Gasteiger partial charge in [-0.3, -0.25) is 9.89 Å². The van der Waals surface area contributed by atoms with E-state index in [2.05, 4.69) is 46.4 Å². The molecule has 10 heteroatoms. The van der Waals surface area contributed by atoms with Crippen LogP contribution in [0.5, 0.6) is 0 Å². The Morgan fingerprint density at radius 2 is 1.94 bits per heavy atom. The number of amides is 1. The Balaban J connectivity index is 0.00000512. The zero-order valence-corrected chi connectivity index (χ0v) is 22.9. The predicted octanol–water partition coefficient (Wildman–Crippen LogP) is 3.23. The molecule has 2 N–H and O–H groups in total. The summed E-state index contributed by atoms with van der Waals surface area (Å²) in [6.07, 6.45) is -0.400. The molecule has 1 fully saturated rings. The number of carbonyl (C=O) groups is 1. The van der Waals surface area contributed by atoms with Crippen molar-refractivity contribution in [1.82, 2.24) is 25.6 Å². The maximum absolute atomic E-state index is 12.2. The Morgan fingerprint density at radius 3 is 2.44 bits per heavy atom. The van der Waals surface area contributed by atoms with Gasteiger partial charge in [0.25, 0.3) is 0 Å². The van der Waals surface area contributed by atoms with Gasteiger partial charge in [-0.1, -0.05) is 19.0 Å². The molecule has 0 aliphatic carbocycles. The van der Waals surface area contributed by atoms with E-state index in [0.717, 1.165) is 56.7 Å². The summed E-state index contributed by atoms with van der Waals surface area (Å²) in [5, 5.41) is 10.5. The first-order chi connectivity index (χ1) is 14.6. The number of guanidine groups is 1. The van der Waals surface area contributed by atoms with Crippen molar-refractivity contribution in [3.05, 3.63) is 17.5 Å². The SMILES string of the molecule is CCNC(=NCC(NC(=O)OC(C)(C)C)C(C)C)N1CCN(Cc2cc(C)on2)CC1.I. The van der Waals surface area contributed by atoms with Crippen molar-refractivity contribution in [3.63, 3.8) is 0 Å². The fraction of sp³-hybridized carbons (Fsp3) is 0.773. The number of piperazine rings is 1. The van der Waals surface area contributed by atoms with Gasteiger partial charge in [-0.25, -0.2) is 4.79 Å². The third-order valence-corrected chi connectivity index (χ3v) is 5.01. The van der Waals surface area contributed by atoms with Gasteiger partial charge in [0.1, 0.15) is 11.4 Å². The predicted molar refractivity (Wildman–Crippen MR) is 137 cm³/mol. The number of hydrogen-bond donors (Lipinski definition) is 2. The smallest absolute Gasteiger partial charge is 0.407 e. The van der Waals surface area contributed by atoms with Crippen molar-refractivity contribution in [3.8, 4) is 0 Å². The Hall–Kier alpha value is -1.56. The van der Waals surface area contributed by atoms with Gasteiger partial charge in [-0.05, 0) is 40.5 Å². The molecule has 0 aromatic carbocycles. The Labute approximate surface area is 209 Å². The number of carbonyl (C=O) groups excluding carboxylic acids is 1. The molecule has 1 saturated heterocycles. The number of halogens is 1. The zero-order valence-electron chi connectivity index (χ0n) is 20.6. The van der Waals surface area contributed by atoms with Crippen molar-refractivity contribution >= 4 is 36.0 Å². The van der Waals surface area contributed by atoms with Crippen molar-refractivity contribution < 1.29 is 14.1 Å². The average Bonchev–Trinajstić information content (AvgIpc) is 3.07. The van der Waals surface area contributed by atoms with Gasteiger partial charge < -0.3 is 24.8 Å². The molecule has 1 atom stereocenters. The van der Waals surface area contributed by atoms with E-state index in [9.17, 15) is 4.79 Å². The van der Waals surface area contributed by atoms with Crippen molar-refractivity contribution in [1.29, 1.82) is 0 Å². The molecule has 0 spiro atoms. The second-order valence-corrected chi connectivity index (χ2v) is 9.38. The van der Waals surface area contributed by atoms with Gasteiger partial charge in [0.2, 0.25) is 0 Å². The van der Waals surface area contributed by atoms with Crippen LogP contribution in [0.1, 0.15) is 53.0 Å². The number of aryl methyl sites for hydroxylation is 1. The molecule has 1 aliphatic heterocycles. The number of nitrogens with zero attached hydrogens (tertiary/aromatic N) is 4. The highest BCUT2D eigenvalue weighted by molar-refractivity contribution is 14.0. The van der Waals surface area contributed by atoms with Gasteiger partial charge in [0, 0.05) is 45.3 Å². The summed E-state index contributed by atoms with van der Waals surface area (Å²) in [4.78, 5) is 21.7. The highest BCUT2D eigenvalue weighted by Gasteiger charge is 2.23. The maximum Gasteiger partial charge on any atom is 0.407 e. The van der Waals surface area contributed by atoms with Crippen LogP contribution >= 0.6 is 24.0 Å². The largest absolute Gasteiger partial charge is 0.444 e. The van der Waals surface area contributed by atoms with Crippen LogP contribution in [0, 0.1) is 12.8 Å². The summed E-state index contributed by atoms with van der Waals surface area (Å²) < 4.78 is 10.6. The van der Waals surface area contributed by atoms with E-state index in [1.165, 1.54) is 0 Å². The van der Waals surface area contributed by atoms with E-state index in [0.29, 0.717) is 6.54 Å². The summed E-state index contributed by atoms with van der Waals surface area (Å²) in [7, 11) is 0. The lowest BCUT2D eigenvalue weighted by Crippen LogP contribution is -2.52. The Morgan fingerprint density at radius 1 is 1.28 bits per heavy atom. The number of aromatic nitrogens is 1. The van der Waals surface area contributed by atoms with Crippen LogP contribution in [0.15, 0.2) is 15.6 Å². The average molecular weight is 565 g/mol. The maximum atomic E-state index is 12.2. The van der Waals surface area contributed by atoms with Crippen LogP contribution in [0.4, 0.5) is 4.79 Å². The fourth-order valence-electron chi connectivity index (χ4n) is 3.33. The lowest BCUT2D eigenvalue weighted by atomic mass is 10.1. The summed E-state index contributed by atoms with van der Waals surface area (Å²) in [5.41, 5.74) is 0.452. The van der Waals surface area contributed by atoms with Crippen molar-refractivity contribution in [2.75, 3.05) is 39.3 Å². The number of alkyl carbamates (subject to hydrolysis) is 1. The number of ether oxygens (including phenoxy) is 1. The van der Waals surface area contributed by atoms with Crippen LogP contribution in [-0.4, -0.2) is 77.9 Å². The molecule has 2 rings (SSSR count). The molecule has 1 aliphatic rings. The normalized spacial score (nSPS) is 16.5. The Kier molecular flexibility index (Phi) is 11.8. The molecule has 0 radical (unpaired) electrons. The minimum absolute atomic E-state index is 0. The number of aliphatic imine (C=N–C) groups is 1. The van der Waals surface area contributed by atoms with Gasteiger partial charge in [0.05, 0.1) is 18.3 Å². The second-order valence-electron chi connectivity index (χ2n) is 9.38. The standard InChI is InChI=1S/C22H40N6O3.HI/c1-8-23-20(24-14-19(16(2)3)25-21(29)30-22(5,6)7)28-11-9-27(10-12-28)15-18-13-17(4)31-26-18;/h13,16,19H,8-12,14-15H2,1-7H3,(H,23,24)(H,25,29);1H. The molecule has 0 saturated carbocycles. The summed E-state index contributed by atoms with van der Waals surface area (Å²) >= 11 is 0. The minimum Gasteiger partial charge on any atom is -0.444 e. The highest BCUT2D eigenvalue weighted by Crippen LogP contribution is 2.11. The zero-order chi connectivity index (χ0) is 23.0. The van der Waals surface area contributed by atoms with E-state index in [-0.39, 0.29) is 35.9 Å². The van der Waals surface area contributed by atoms with Crippen LogP contribution in [0.3, 0.4) is 0 Å². The van der Waals surface area contributed by atoms with Gasteiger partial charge in [-0.2, -0.15) is 0 Å². The minimum atomic E-state index is -0.520. The molecule has 1 aromatic rings. The van der Waals surface area contributed by atoms with E-state index < -0.39 is 11.7 Å². The quantitative estimate of drug-likeness (QED) is 0.298. The number of nitrogens with one attached hydrogen (secondary N) is 2. The summed E-state index contributed by atoms with van der Waals surface area (Å²) in [6, 6.07) is 1.89. The molecular formula is C22H41IN6O3. The Bertz CT molecular complexity index is 723. The van der Waals surface area contributed by atoms with E-state index in [4.69, 9.17) is 14.3 Å². The topological polar surface area (TPSA) is 95.2 Å².